The van der Waals surface area contributed by atoms with Gasteiger partial charge in [-0.05, 0) is 48.9 Å². The van der Waals surface area contributed by atoms with Crippen LogP contribution in [0.4, 0.5) is 14.9 Å². The summed E-state index contributed by atoms with van der Waals surface area (Å²) in [6.45, 7) is 6.15. The Morgan fingerprint density at radius 3 is 2.50 bits per heavy atom. The van der Waals surface area contributed by atoms with E-state index in [1.165, 1.54) is 40.3 Å². The summed E-state index contributed by atoms with van der Waals surface area (Å²) in [6, 6.07) is 10.6. The molecule has 0 spiro atoms. The first kappa shape index (κ1) is 25.0. The number of ether oxygens (including phenoxy) is 1. The van der Waals surface area contributed by atoms with Crippen LogP contribution in [0.15, 0.2) is 48.7 Å². The number of nitrogens with zero attached hydrogens (tertiary/aromatic N) is 2. The summed E-state index contributed by atoms with van der Waals surface area (Å²) in [5.41, 5.74) is 2.78. The number of halogens is 1. The third-order valence-corrected chi connectivity index (χ3v) is 6.33. The molecule has 3 amide bonds. The van der Waals surface area contributed by atoms with E-state index in [4.69, 9.17) is 4.74 Å². The number of aromatic nitrogens is 1. The minimum absolute atomic E-state index is 0.169. The summed E-state index contributed by atoms with van der Waals surface area (Å²) in [5, 5.41) is 3.47. The minimum atomic E-state index is -0.581. The van der Waals surface area contributed by atoms with Gasteiger partial charge in [0.25, 0.3) is 5.91 Å². The van der Waals surface area contributed by atoms with Gasteiger partial charge < -0.3 is 19.9 Å². The highest BCUT2D eigenvalue weighted by Gasteiger charge is 2.37. The van der Waals surface area contributed by atoms with Crippen LogP contribution in [0.1, 0.15) is 42.4 Å². The third-order valence-electron chi connectivity index (χ3n) is 6.33. The Morgan fingerprint density at radius 1 is 1.17 bits per heavy atom. The molecule has 0 fully saturated rings. The molecule has 0 radical (unpaired) electrons. The fraction of sp³-hybridized carbons (Fsp3) is 0.296. The van der Waals surface area contributed by atoms with Crippen molar-refractivity contribution in [2.45, 2.75) is 26.2 Å². The van der Waals surface area contributed by atoms with E-state index < -0.39 is 17.2 Å². The number of fused-ring (bicyclic) bond motifs is 3. The molecule has 0 aliphatic carbocycles. The quantitative estimate of drug-likeness (QED) is 0.527. The van der Waals surface area contributed by atoms with Crippen molar-refractivity contribution in [3.05, 3.63) is 71.3 Å². The molecule has 36 heavy (non-hydrogen) atoms. The van der Waals surface area contributed by atoms with E-state index in [-0.39, 0.29) is 30.7 Å². The van der Waals surface area contributed by atoms with E-state index in [0.717, 1.165) is 16.5 Å². The number of amides is 3. The van der Waals surface area contributed by atoms with Gasteiger partial charge >= 0.3 is 12.0 Å². The number of hydrogen-bond acceptors (Lipinski definition) is 4. The molecular weight excluding hydrogens is 463 g/mol. The van der Waals surface area contributed by atoms with Gasteiger partial charge in [0.05, 0.1) is 17.9 Å². The second-order valence-electron chi connectivity index (χ2n) is 9.31. The number of H-pyrrole nitrogens is 1. The maximum atomic E-state index is 13.4. The zero-order valence-electron chi connectivity index (χ0n) is 20.9. The molecule has 1 aromatic heterocycles. The van der Waals surface area contributed by atoms with Crippen molar-refractivity contribution in [3.8, 4) is 0 Å². The molecule has 0 atom stereocenters. The summed E-state index contributed by atoms with van der Waals surface area (Å²) in [7, 11) is 3.23. The lowest BCUT2D eigenvalue weighted by atomic mass is 9.81. The molecule has 0 saturated heterocycles. The molecule has 0 unspecified atom stereocenters. The summed E-state index contributed by atoms with van der Waals surface area (Å²) in [5.74, 6) is -1.36. The summed E-state index contributed by atoms with van der Waals surface area (Å²) in [6.07, 6.45) is 1.50. The zero-order chi connectivity index (χ0) is 26.2. The number of aromatic amines is 1. The summed E-state index contributed by atoms with van der Waals surface area (Å²) in [4.78, 5) is 44.9. The average Bonchev–Trinajstić information content (AvgIpc) is 3.19. The lowest BCUT2D eigenvalue weighted by Gasteiger charge is -2.29. The van der Waals surface area contributed by atoms with E-state index >= 15 is 0 Å². The van der Waals surface area contributed by atoms with Crippen LogP contribution in [-0.4, -0.2) is 55.0 Å². The van der Waals surface area contributed by atoms with Gasteiger partial charge in [-0.25, -0.2) is 14.0 Å². The number of hydrogen-bond donors (Lipinski definition) is 2. The molecule has 3 aromatic rings. The van der Waals surface area contributed by atoms with Crippen LogP contribution >= 0.6 is 0 Å². The van der Waals surface area contributed by atoms with Crippen LogP contribution in [-0.2, 0) is 14.9 Å². The average molecular weight is 493 g/mol. The Labute approximate surface area is 208 Å². The molecule has 1 aliphatic rings. The Hall–Kier alpha value is -4.14. The van der Waals surface area contributed by atoms with Gasteiger partial charge in [-0.15, -0.1) is 0 Å². The number of urea groups is 1. The highest BCUT2D eigenvalue weighted by Crippen LogP contribution is 2.41. The van der Waals surface area contributed by atoms with Gasteiger partial charge in [-0.1, -0.05) is 19.9 Å². The first-order valence-corrected chi connectivity index (χ1v) is 11.6. The molecule has 0 bridgehead atoms. The molecule has 2 N–H and O–H groups in total. The van der Waals surface area contributed by atoms with E-state index in [2.05, 4.69) is 10.3 Å². The largest absolute Gasteiger partial charge is 0.462 e. The molecule has 2 aromatic carbocycles. The molecule has 8 nitrogen and oxygen atoms in total. The van der Waals surface area contributed by atoms with Crippen LogP contribution in [0.3, 0.4) is 0 Å². The Bertz CT molecular complexity index is 1370. The topological polar surface area (TPSA) is 94.7 Å². The van der Waals surface area contributed by atoms with Gasteiger partial charge in [0.2, 0.25) is 0 Å². The van der Waals surface area contributed by atoms with Crippen molar-refractivity contribution >= 4 is 40.1 Å². The van der Waals surface area contributed by atoms with E-state index in [1.807, 2.05) is 32.0 Å². The number of rotatable bonds is 4. The fourth-order valence-electron chi connectivity index (χ4n) is 4.61. The Morgan fingerprint density at radius 2 is 1.86 bits per heavy atom. The molecule has 0 saturated carbocycles. The molecule has 2 heterocycles. The predicted molar refractivity (Wildman–Crippen MR) is 136 cm³/mol. The maximum Gasteiger partial charge on any atom is 0.341 e. The van der Waals surface area contributed by atoms with Crippen molar-refractivity contribution in [3.63, 3.8) is 0 Å². The second-order valence-corrected chi connectivity index (χ2v) is 9.31. The van der Waals surface area contributed by atoms with Crippen LogP contribution in [0, 0.1) is 5.82 Å². The number of nitrogens with one attached hydrogen (secondary N) is 2. The first-order valence-electron chi connectivity index (χ1n) is 11.6. The number of carbonyl (C=O) groups is 3. The summed E-state index contributed by atoms with van der Waals surface area (Å²) < 4.78 is 18.8. The van der Waals surface area contributed by atoms with Crippen molar-refractivity contribution in [1.82, 2.24) is 15.2 Å². The van der Waals surface area contributed by atoms with Gasteiger partial charge in [0.15, 0.2) is 0 Å². The van der Waals surface area contributed by atoms with E-state index in [1.54, 1.807) is 21.0 Å². The zero-order valence-corrected chi connectivity index (χ0v) is 20.9. The second kappa shape index (κ2) is 9.49. The van der Waals surface area contributed by atoms with Crippen LogP contribution in [0.2, 0.25) is 0 Å². The smallest absolute Gasteiger partial charge is 0.341 e. The molecule has 188 valence electrons. The number of carbonyl (C=O) groups excluding carboxylic acids is 3. The Balaban J connectivity index is 1.88. The molecular formula is C27H29FN4O4. The van der Waals surface area contributed by atoms with Crippen molar-refractivity contribution in [2.24, 2.45) is 0 Å². The lowest BCUT2D eigenvalue weighted by Crippen LogP contribution is -2.37. The van der Waals surface area contributed by atoms with Crippen molar-refractivity contribution in [2.75, 3.05) is 32.1 Å². The maximum absolute atomic E-state index is 13.4. The van der Waals surface area contributed by atoms with Gasteiger partial charge in [-0.3, -0.25) is 9.69 Å². The van der Waals surface area contributed by atoms with Crippen molar-refractivity contribution < 1.29 is 23.5 Å². The van der Waals surface area contributed by atoms with E-state index in [9.17, 15) is 18.8 Å². The highest BCUT2D eigenvalue weighted by molar-refractivity contribution is 6.18. The number of esters is 1. The highest BCUT2D eigenvalue weighted by atomic mass is 19.1. The minimum Gasteiger partial charge on any atom is -0.462 e. The van der Waals surface area contributed by atoms with Crippen molar-refractivity contribution in [1.29, 1.82) is 0 Å². The summed E-state index contributed by atoms with van der Waals surface area (Å²) >= 11 is 0. The van der Waals surface area contributed by atoms with Gasteiger partial charge in [0, 0.05) is 54.4 Å². The van der Waals surface area contributed by atoms with Crippen LogP contribution in [0.25, 0.3) is 16.5 Å². The molecule has 4 rings (SSSR count). The lowest BCUT2D eigenvalue weighted by molar-refractivity contribution is -0.136. The first-order chi connectivity index (χ1) is 17.1. The van der Waals surface area contributed by atoms with Crippen LogP contribution in [0.5, 0.6) is 0 Å². The Kier molecular flexibility index (Phi) is 6.58. The van der Waals surface area contributed by atoms with Gasteiger partial charge in [-0.2, -0.15) is 0 Å². The van der Waals surface area contributed by atoms with Gasteiger partial charge in [0.1, 0.15) is 5.82 Å². The molecule has 9 heteroatoms. The molecule has 1 aliphatic heterocycles. The third kappa shape index (κ3) is 4.44. The van der Waals surface area contributed by atoms with Crippen LogP contribution < -0.4 is 10.2 Å². The normalized spacial score (nSPS) is 14.5. The fourth-order valence-corrected chi connectivity index (χ4v) is 4.61. The number of anilines is 1. The standard InChI is InChI=1S/C27H29FN4O4/c1-6-36-25(34)20-14-32(24(33)16-7-9-17(28)10-8-16)15-27(2,3)22-19-12-11-18(31(5)26(35)29-4)13-21(19)30-23(20)22/h7-14,30H,6,15H2,1-5H3,(H,29,35). The predicted octanol–water partition coefficient (Wildman–Crippen LogP) is 4.42. The number of benzene rings is 2. The monoisotopic (exact) mass is 492 g/mol. The van der Waals surface area contributed by atoms with E-state index in [0.29, 0.717) is 16.9 Å². The SMILES string of the molecule is CCOC(=O)C1=CN(C(=O)c2ccc(F)cc2)CC(C)(C)c2c1[nH]c1cc(N(C)C(=O)NC)ccc21.